The highest BCUT2D eigenvalue weighted by Crippen LogP contribution is 2.29. The molecule has 29 heavy (non-hydrogen) atoms. The van der Waals surface area contributed by atoms with Gasteiger partial charge in [0.1, 0.15) is 23.5 Å². The maximum Gasteiger partial charge on any atom is 0.410 e. The SMILES string of the molecule is CC[C@H](C)OC(=O)N1CCC(OC2CCC(Oc3ccncc3C#N)CC2)CC1. The summed E-state index contributed by atoms with van der Waals surface area (Å²) in [6, 6.07) is 3.88. The zero-order chi connectivity index (χ0) is 20.6. The van der Waals surface area contributed by atoms with Gasteiger partial charge in [-0.3, -0.25) is 4.98 Å². The summed E-state index contributed by atoms with van der Waals surface area (Å²) < 4.78 is 17.7. The van der Waals surface area contributed by atoms with Gasteiger partial charge in [0.25, 0.3) is 0 Å². The Kier molecular flexibility index (Phi) is 7.70. The van der Waals surface area contributed by atoms with Crippen LogP contribution in [0.4, 0.5) is 4.79 Å². The summed E-state index contributed by atoms with van der Waals surface area (Å²) in [5.74, 6) is 0.614. The number of aromatic nitrogens is 1. The quantitative estimate of drug-likeness (QED) is 0.715. The Balaban J connectivity index is 1.37. The van der Waals surface area contributed by atoms with Gasteiger partial charge in [-0.2, -0.15) is 5.26 Å². The van der Waals surface area contributed by atoms with E-state index < -0.39 is 0 Å². The van der Waals surface area contributed by atoms with Gasteiger partial charge < -0.3 is 19.1 Å². The maximum absolute atomic E-state index is 12.1. The Morgan fingerprint density at radius 3 is 2.52 bits per heavy atom. The van der Waals surface area contributed by atoms with Crippen LogP contribution in [0.15, 0.2) is 18.5 Å². The van der Waals surface area contributed by atoms with E-state index in [4.69, 9.17) is 19.5 Å². The first-order valence-corrected chi connectivity index (χ1v) is 10.7. The van der Waals surface area contributed by atoms with Crippen LogP contribution in [0.25, 0.3) is 0 Å². The third-order valence-corrected chi connectivity index (χ3v) is 5.78. The topological polar surface area (TPSA) is 84.7 Å². The van der Waals surface area contributed by atoms with Crippen molar-refractivity contribution in [1.29, 1.82) is 5.26 Å². The lowest BCUT2D eigenvalue weighted by Crippen LogP contribution is -2.43. The first-order chi connectivity index (χ1) is 14.1. The van der Waals surface area contributed by atoms with Crippen molar-refractivity contribution in [1.82, 2.24) is 9.88 Å². The highest BCUT2D eigenvalue weighted by Gasteiger charge is 2.29. The molecule has 7 heteroatoms. The summed E-state index contributed by atoms with van der Waals surface area (Å²) in [5, 5.41) is 9.16. The minimum Gasteiger partial charge on any atom is -0.489 e. The van der Waals surface area contributed by atoms with E-state index >= 15 is 0 Å². The molecule has 1 aromatic rings. The van der Waals surface area contributed by atoms with Crippen molar-refractivity contribution in [2.45, 2.75) is 83.2 Å². The number of carbonyl (C=O) groups excluding carboxylic acids is 1. The van der Waals surface area contributed by atoms with Crippen LogP contribution in [0.5, 0.6) is 5.75 Å². The smallest absolute Gasteiger partial charge is 0.410 e. The average molecular weight is 402 g/mol. The molecule has 158 valence electrons. The Bertz CT molecular complexity index is 704. The van der Waals surface area contributed by atoms with E-state index in [1.54, 1.807) is 17.2 Å². The number of pyridine rings is 1. The second-order valence-corrected chi connectivity index (χ2v) is 7.93. The highest BCUT2D eigenvalue weighted by molar-refractivity contribution is 5.67. The highest BCUT2D eigenvalue weighted by atomic mass is 16.6. The van der Waals surface area contributed by atoms with Gasteiger partial charge in [0.15, 0.2) is 0 Å². The van der Waals surface area contributed by atoms with Gasteiger partial charge in [-0.15, -0.1) is 0 Å². The fraction of sp³-hybridized carbons (Fsp3) is 0.682. The van der Waals surface area contributed by atoms with Crippen LogP contribution >= 0.6 is 0 Å². The zero-order valence-electron chi connectivity index (χ0n) is 17.4. The number of hydrogen-bond acceptors (Lipinski definition) is 6. The predicted octanol–water partition coefficient (Wildman–Crippen LogP) is 4.06. The number of nitrogens with zero attached hydrogens (tertiary/aromatic N) is 3. The van der Waals surface area contributed by atoms with Gasteiger partial charge in [-0.1, -0.05) is 6.92 Å². The first kappa shape index (κ1) is 21.4. The van der Waals surface area contributed by atoms with Gasteiger partial charge in [0.2, 0.25) is 0 Å². The van der Waals surface area contributed by atoms with Crippen LogP contribution in [-0.4, -0.2) is 53.5 Å². The molecule has 2 fully saturated rings. The van der Waals surface area contributed by atoms with E-state index in [0.717, 1.165) is 44.9 Å². The Morgan fingerprint density at radius 1 is 1.21 bits per heavy atom. The summed E-state index contributed by atoms with van der Waals surface area (Å²) in [6.45, 7) is 5.32. The Labute approximate surface area is 172 Å². The predicted molar refractivity (Wildman–Crippen MR) is 108 cm³/mol. The molecule has 0 N–H and O–H groups in total. The second kappa shape index (κ2) is 10.4. The molecular weight excluding hydrogens is 370 g/mol. The number of piperidine rings is 1. The van der Waals surface area contributed by atoms with E-state index in [-0.39, 0.29) is 30.5 Å². The molecule has 1 aromatic heterocycles. The fourth-order valence-electron chi connectivity index (χ4n) is 3.81. The molecule has 0 spiro atoms. The Morgan fingerprint density at radius 2 is 1.86 bits per heavy atom. The first-order valence-electron chi connectivity index (χ1n) is 10.7. The van der Waals surface area contributed by atoms with Crippen molar-refractivity contribution in [3.05, 3.63) is 24.0 Å². The number of nitriles is 1. The number of amides is 1. The normalized spacial score (nSPS) is 23.8. The minimum atomic E-state index is -0.205. The summed E-state index contributed by atoms with van der Waals surface area (Å²) in [6.07, 6.45) is 9.78. The number of carbonyl (C=O) groups is 1. The third kappa shape index (κ3) is 6.07. The van der Waals surface area contributed by atoms with Crippen molar-refractivity contribution in [3.63, 3.8) is 0 Å². The molecule has 1 saturated heterocycles. The standard InChI is InChI=1S/C22H31N3O4/c1-3-16(2)27-22(26)25-12-9-20(10-13-25)28-18-4-6-19(7-5-18)29-21-8-11-24-15-17(21)14-23/h8,11,15-16,18-20H,3-7,9-10,12-13H2,1-2H3/t16-,18?,19?/m0/s1. The third-order valence-electron chi connectivity index (χ3n) is 5.78. The summed E-state index contributed by atoms with van der Waals surface area (Å²) in [5.41, 5.74) is 0.476. The van der Waals surface area contributed by atoms with Gasteiger partial charge in [-0.25, -0.2) is 4.79 Å². The average Bonchev–Trinajstić information content (AvgIpc) is 2.76. The van der Waals surface area contributed by atoms with E-state index in [1.807, 2.05) is 13.8 Å². The van der Waals surface area contributed by atoms with Crippen LogP contribution in [0.2, 0.25) is 0 Å². The van der Waals surface area contributed by atoms with Crippen LogP contribution in [-0.2, 0) is 9.47 Å². The molecule has 2 heterocycles. The van der Waals surface area contributed by atoms with Crippen LogP contribution in [0, 0.1) is 11.3 Å². The van der Waals surface area contributed by atoms with Crippen LogP contribution in [0.1, 0.15) is 64.4 Å². The molecule has 1 atom stereocenters. The largest absolute Gasteiger partial charge is 0.489 e. The van der Waals surface area contributed by atoms with Crippen molar-refractivity contribution >= 4 is 6.09 Å². The molecular formula is C22H31N3O4. The van der Waals surface area contributed by atoms with E-state index in [2.05, 4.69) is 11.1 Å². The summed E-state index contributed by atoms with van der Waals surface area (Å²) in [7, 11) is 0. The molecule has 1 aliphatic heterocycles. The van der Waals surface area contributed by atoms with Crippen molar-refractivity contribution in [3.8, 4) is 11.8 Å². The molecule has 2 aliphatic rings. The number of ether oxygens (including phenoxy) is 3. The van der Waals surface area contributed by atoms with E-state index in [9.17, 15) is 4.79 Å². The van der Waals surface area contributed by atoms with E-state index in [1.165, 1.54) is 6.20 Å². The molecule has 3 rings (SSSR count). The van der Waals surface area contributed by atoms with Gasteiger partial charge >= 0.3 is 6.09 Å². The number of rotatable bonds is 6. The van der Waals surface area contributed by atoms with Crippen molar-refractivity contribution < 1.29 is 19.0 Å². The molecule has 1 saturated carbocycles. The molecule has 1 amide bonds. The molecule has 0 radical (unpaired) electrons. The lowest BCUT2D eigenvalue weighted by Gasteiger charge is -2.36. The fourth-order valence-corrected chi connectivity index (χ4v) is 3.81. The molecule has 0 bridgehead atoms. The Hall–Kier alpha value is -2.33. The van der Waals surface area contributed by atoms with Crippen molar-refractivity contribution in [2.75, 3.05) is 13.1 Å². The van der Waals surface area contributed by atoms with E-state index in [0.29, 0.717) is 24.4 Å². The molecule has 0 unspecified atom stereocenters. The summed E-state index contributed by atoms with van der Waals surface area (Å²) >= 11 is 0. The summed E-state index contributed by atoms with van der Waals surface area (Å²) in [4.78, 5) is 17.9. The maximum atomic E-state index is 12.1. The van der Waals surface area contributed by atoms with Gasteiger partial charge in [0.05, 0.1) is 18.3 Å². The van der Waals surface area contributed by atoms with Crippen LogP contribution < -0.4 is 4.74 Å². The monoisotopic (exact) mass is 401 g/mol. The second-order valence-electron chi connectivity index (χ2n) is 7.93. The lowest BCUT2D eigenvalue weighted by molar-refractivity contribution is -0.0658. The lowest BCUT2D eigenvalue weighted by atomic mass is 9.94. The van der Waals surface area contributed by atoms with Crippen molar-refractivity contribution in [2.24, 2.45) is 0 Å². The molecule has 0 aromatic carbocycles. The number of hydrogen-bond donors (Lipinski definition) is 0. The zero-order valence-corrected chi connectivity index (χ0v) is 17.4. The molecule has 7 nitrogen and oxygen atoms in total. The number of likely N-dealkylation sites (tertiary alicyclic amines) is 1. The van der Waals surface area contributed by atoms with Gasteiger partial charge in [0, 0.05) is 25.5 Å². The molecule has 1 aliphatic carbocycles. The van der Waals surface area contributed by atoms with Gasteiger partial charge in [-0.05, 0) is 57.9 Å². The van der Waals surface area contributed by atoms with Crippen LogP contribution in [0.3, 0.4) is 0 Å². The minimum absolute atomic E-state index is 0.0368.